The number of halogens is 1. The lowest BCUT2D eigenvalue weighted by atomic mass is 9.93. The molecule has 0 unspecified atom stereocenters. The van der Waals surface area contributed by atoms with Crippen LogP contribution in [0.25, 0.3) is 0 Å². The molecular formula is C21H18ClN5O2. The first-order valence-corrected chi connectivity index (χ1v) is 9.87. The summed E-state index contributed by atoms with van der Waals surface area (Å²) in [6.07, 6.45) is 1.14. The van der Waals surface area contributed by atoms with Gasteiger partial charge in [-0.2, -0.15) is 4.98 Å². The van der Waals surface area contributed by atoms with Crippen LogP contribution in [0, 0.1) is 0 Å². The average molecular weight is 408 g/mol. The standard InChI is InChI=1S/C21H18ClN5O2/c22-15-8-6-14(7-9-15)17-12-16(13-4-2-1-3-5-13)23-20-24-21(25-27(17)20)26-18(28)10-11-19(26)29/h1-9,16-17H,10-12H2,(H,23,24,25)/t16-,17+/m0/s1. The zero-order valence-corrected chi connectivity index (χ0v) is 16.2. The monoisotopic (exact) mass is 407 g/mol. The molecule has 0 aliphatic carbocycles. The second-order valence-electron chi connectivity index (χ2n) is 7.21. The van der Waals surface area contributed by atoms with E-state index < -0.39 is 0 Å². The zero-order chi connectivity index (χ0) is 20.0. The number of carbonyl (C=O) groups excluding carboxylic acids is 2. The van der Waals surface area contributed by atoms with Crippen molar-refractivity contribution in [3.8, 4) is 0 Å². The van der Waals surface area contributed by atoms with Crippen molar-refractivity contribution in [1.82, 2.24) is 14.8 Å². The fourth-order valence-corrected chi connectivity index (χ4v) is 4.05. The van der Waals surface area contributed by atoms with Crippen molar-refractivity contribution in [1.29, 1.82) is 0 Å². The molecule has 0 saturated carbocycles. The van der Waals surface area contributed by atoms with E-state index in [4.69, 9.17) is 11.6 Å². The second-order valence-corrected chi connectivity index (χ2v) is 7.65. The third kappa shape index (κ3) is 3.17. The van der Waals surface area contributed by atoms with Crippen LogP contribution in [-0.2, 0) is 9.59 Å². The molecular weight excluding hydrogens is 390 g/mol. The number of rotatable bonds is 3. The van der Waals surface area contributed by atoms with Crippen molar-refractivity contribution in [2.75, 3.05) is 10.2 Å². The summed E-state index contributed by atoms with van der Waals surface area (Å²) in [4.78, 5) is 29.9. The van der Waals surface area contributed by atoms with Crippen LogP contribution in [0.2, 0.25) is 5.02 Å². The molecule has 1 N–H and O–H groups in total. The number of benzene rings is 2. The Morgan fingerprint density at radius 2 is 1.62 bits per heavy atom. The Hall–Kier alpha value is -3.19. The van der Waals surface area contributed by atoms with Gasteiger partial charge in [-0.15, -0.1) is 5.10 Å². The molecule has 2 amide bonds. The molecule has 7 nitrogen and oxygen atoms in total. The highest BCUT2D eigenvalue weighted by molar-refractivity contribution is 6.30. The van der Waals surface area contributed by atoms with Crippen molar-refractivity contribution in [2.45, 2.75) is 31.3 Å². The number of nitrogens with one attached hydrogen (secondary N) is 1. The van der Waals surface area contributed by atoms with Crippen LogP contribution in [0.4, 0.5) is 11.9 Å². The van der Waals surface area contributed by atoms with Gasteiger partial charge >= 0.3 is 0 Å². The molecule has 1 aromatic heterocycles. The number of amides is 2. The minimum Gasteiger partial charge on any atom is -0.347 e. The van der Waals surface area contributed by atoms with E-state index >= 15 is 0 Å². The predicted octanol–water partition coefficient (Wildman–Crippen LogP) is 3.73. The van der Waals surface area contributed by atoms with Crippen molar-refractivity contribution in [3.63, 3.8) is 0 Å². The number of aromatic nitrogens is 3. The van der Waals surface area contributed by atoms with Crippen molar-refractivity contribution < 1.29 is 9.59 Å². The topological polar surface area (TPSA) is 80.1 Å². The summed E-state index contributed by atoms with van der Waals surface area (Å²) >= 11 is 6.07. The number of hydrogen-bond acceptors (Lipinski definition) is 5. The van der Waals surface area contributed by atoms with Crippen LogP contribution in [-0.4, -0.2) is 26.6 Å². The maximum absolute atomic E-state index is 12.2. The van der Waals surface area contributed by atoms with Crippen LogP contribution < -0.4 is 10.2 Å². The number of anilines is 2. The normalized spacial score (nSPS) is 21.2. The number of fused-ring (bicyclic) bond motifs is 1. The average Bonchev–Trinajstić information content (AvgIpc) is 3.30. The second kappa shape index (κ2) is 7.00. The van der Waals surface area contributed by atoms with Gasteiger partial charge in [0, 0.05) is 17.9 Å². The highest BCUT2D eigenvalue weighted by atomic mass is 35.5. The lowest BCUT2D eigenvalue weighted by molar-refractivity contribution is -0.121. The molecule has 2 aliphatic rings. The summed E-state index contributed by atoms with van der Waals surface area (Å²) in [5.74, 6) is 0.140. The van der Waals surface area contributed by atoms with Crippen LogP contribution in [0.15, 0.2) is 54.6 Å². The van der Waals surface area contributed by atoms with Crippen LogP contribution in [0.3, 0.4) is 0 Å². The highest BCUT2D eigenvalue weighted by Gasteiger charge is 2.37. The minimum atomic E-state index is -0.263. The third-order valence-electron chi connectivity index (χ3n) is 5.39. The molecule has 8 heteroatoms. The van der Waals surface area contributed by atoms with Crippen molar-refractivity contribution >= 4 is 35.3 Å². The Bertz CT molecular complexity index is 1060. The molecule has 146 valence electrons. The van der Waals surface area contributed by atoms with Gasteiger partial charge < -0.3 is 5.32 Å². The highest BCUT2D eigenvalue weighted by Crippen LogP contribution is 2.39. The Morgan fingerprint density at radius 3 is 2.31 bits per heavy atom. The van der Waals surface area contributed by atoms with Gasteiger partial charge in [0.15, 0.2) is 0 Å². The Balaban J connectivity index is 1.58. The number of imide groups is 1. The van der Waals surface area contributed by atoms with Gasteiger partial charge in [0.1, 0.15) is 0 Å². The first kappa shape index (κ1) is 17.9. The van der Waals surface area contributed by atoms with E-state index in [0.717, 1.165) is 22.4 Å². The van der Waals surface area contributed by atoms with Gasteiger partial charge in [-0.1, -0.05) is 54.1 Å². The molecule has 1 saturated heterocycles. The molecule has 2 aromatic carbocycles. The predicted molar refractivity (Wildman–Crippen MR) is 109 cm³/mol. The summed E-state index contributed by atoms with van der Waals surface area (Å²) in [6.45, 7) is 0. The molecule has 2 atom stereocenters. The van der Waals surface area contributed by atoms with E-state index in [1.54, 1.807) is 4.68 Å². The van der Waals surface area contributed by atoms with Gasteiger partial charge in [0.25, 0.3) is 5.95 Å². The van der Waals surface area contributed by atoms with Crippen molar-refractivity contribution in [3.05, 3.63) is 70.7 Å². The van der Waals surface area contributed by atoms with Gasteiger partial charge in [0.05, 0.1) is 12.1 Å². The lowest BCUT2D eigenvalue weighted by Crippen LogP contribution is -2.30. The molecule has 29 heavy (non-hydrogen) atoms. The van der Waals surface area contributed by atoms with E-state index in [0.29, 0.717) is 11.0 Å². The van der Waals surface area contributed by atoms with Gasteiger partial charge in [0.2, 0.25) is 17.8 Å². The molecule has 1 fully saturated rings. The summed E-state index contributed by atoms with van der Waals surface area (Å²) in [6, 6.07) is 17.7. The largest absolute Gasteiger partial charge is 0.347 e. The summed E-state index contributed by atoms with van der Waals surface area (Å²) < 4.78 is 1.76. The van der Waals surface area contributed by atoms with Crippen molar-refractivity contribution in [2.24, 2.45) is 0 Å². The number of hydrogen-bond donors (Lipinski definition) is 1. The van der Waals surface area contributed by atoms with E-state index in [-0.39, 0.29) is 42.7 Å². The number of carbonyl (C=O) groups is 2. The molecule has 5 rings (SSSR count). The fourth-order valence-electron chi connectivity index (χ4n) is 3.93. The van der Waals surface area contributed by atoms with Gasteiger partial charge in [-0.25, -0.2) is 9.58 Å². The Labute approximate surface area is 172 Å². The number of nitrogens with zero attached hydrogens (tertiary/aromatic N) is 4. The molecule has 0 radical (unpaired) electrons. The van der Waals surface area contributed by atoms with E-state index in [1.165, 1.54) is 0 Å². The summed E-state index contributed by atoms with van der Waals surface area (Å²) in [5, 5.41) is 8.61. The van der Waals surface area contributed by atoms with Gasteiger partial charge in [-0.05, 0) is 29.7 Å². The van der Waals surface area contributed by atoms with E-state index in [9.17, 15) is 9.59 Å². The first-order valence-electron chi connectivity index (χ1n) is 9.49. The molecule has 0 spiro atoms. The van der Waals surface area contributed by atoms with E-state index in [2.05, 4.69) is 27.5 Å². The van der Waals surface area contributed by atoms with E-state index in [1.807, 2.05) is 42.5 Å². The Kier molecular flexibility index (Phi) is 4.32. The maximum atomic E-state index is 12.2. The molecule has 0 bridgehead atoms. The zero-order valence-electron chi connectivity index (χ0n) is 15.5. The third-order valence-corrected chi connectivity index (χ3v) is 5.64. The first-order chi connectivity index (χ1) is 14.1. The SMILES string of the molecule is O=C1CCC(=O)N1c1nc2n(n1)[C@@H](c1ccc(Cl)cc1)C[C@@H](c1ccccc1)N2. The summed E-state index contributed by atoms with van der Waals surface area (Å²) in [5.41, 5.74) is 2.17. The Morgan fingerprint density at radius 1 is 0.931 bits per heavy atom. The van der Waals surface area contributed by atoms with Crippen LogP contribution in [0.5, 0.6) is 0 Å². The minimum absolute atomic E-state index is 0.0198. The maximum Gasteiger partial charge on any atom is 0.260 e. The lowest BCUT2D eigenvalue weighted by Gasteiger charge is -2.31. The van der Waals surface area contributed by atoms with Gasteiger partial charge in [-0.3, -0.25) is 9.59 Å². The molecule has 3 aromatic rings. The fraction of sp³-hybridized carbons (Fsp3) is 0.238. The molecule has 3 heterocycles. The summed E-state index contributed by atoms with van der Waals surface area (Å²) in [7, 11) is 0. The van der Waals surface area contributed by atoms with Crippen LogP contribution in [0.1, 0.15) is 42.5 Å². The van der Waals surface area contributed by atoms with Crippen LogP contribution >= 0.6 is 11.6 Å². The smallest absolute Gasteiger partial charge is 0.260 e. The quantitative estimate of drug-likeness (QED) is 0.669. The molecule has 2 aliphatic heterocycles.